The van der Waals surface area contributed by atoms with E-state index in [2.05, 4.69) is 24.7 Å². The summed E-state index contributed by atoms with van der Waals surface area (Å²) in [6, 6.07) is 12.1. The molecule has 2 aromatic carbocycles. The highest BCUT2D eigenvalue weighted by Gasteiger charge is 2.44. The molecule has 0 saturated carbocycles. The lowest BCUT2D eigenvalue weighted by Crippen LogP contribution is -2.52. The predicted molar refractivity (Wildman–Crippen MR) is 115 cm³/mol. The van der Waals surface area contributed by atoms with Crippen LogP contribution in [0.15, 0.2) is 36.4 Å². The maximum absolute atomic E-state index is 12.6. The molecule has 5 heteroatoms. The van der Waals surface area contributed by atoms with E-state index in [-0.39, 0.29) is 24.7 Å². The van der Waals surface area contributed by atoms with E-state index in [1.54, 1.807) is 0 Å². The monoisotopic (exact) mass is 410 g/mol. The van der Waals surface area contributed by atoms with Gasteiger partial charge < -0.3 is 14.2 Å². The molecule has 160 valence electrons. The number of Topliss-reactive ketones (excluding diaryl/α,β-unsaturated/α-hetero) is 1. The summed E-state index contributed by atoms with van der Waals surface area (Å²) in [5, 5.41) is 0. The minimum Gasteiger partial charge on any atom is -0.484 e. The fraction of sp³-hybridized carbons (Fsp3) is 0.440. The van der Waals surface area contributed by atoms with Gasteiger partial charge in [0.1, 0.15) is 29.7 Å². The quantitative estimate of drug-likeness (QED) is 0.500. The normalized spacial score (nSPS) is 20.2. The molecular weight excluding hydrogens is 380 g/mol. The smallest absolute Gasteiger partial charge is 0.313 e. The molecule has 0 fully saturated rings. The van der Waals surface area contributed by atoms with Gasteiger partial charge in [-0.1, -0.05) is 36.4 Å². The first-order chi connectivity index (χ1) is 14.2. The van der Waals surface area contributed by atoms with Crippen LogP contribution >= 0.6 is 0 Å². The third-order valence-electron chi connectivity index (χ3n) is 5.93. The van der Waals surface area contributed by atoms with Crippen molar-refractivity contribution in [2.45, 2.75) is 65.3 Å². The van der Waals surface area contributed by atoms with Crippen molar-refractivity contribution in [1.29, 1.82) is 0 Å². The molecule has 0 radical (unpaired) electrons. The SMILES string of the molecule is COC(=O)CC(=O)C[C@]1(C)Oc2c(C)c(C)cc(C)c2CC1OCc1ccccc1. The molecule has 0 bridgehead atoms. The number of carbonyl (C=O) groups is 2. The van der Waals surface area contributed by atoms with Gasteiger partial charge in [-0.05, 0) is 49.9 Å². The first-order valence-corrected chi connectivity index (χ1v) is 10.3. The lowest BCUT2D eigenvalue weighted by atomic mass is 9.82. The van der Waals surface area contributed by atoms with Crippen LogP contribution in [-0.2, 0) is 32.1 Å². The summed E-state index contributed by atoms with van der Waals surface area (Å²) in [4.78, 5) is 24.2. The van der Waals surface area contributed by atoms with Crippen LogP contribution in [0.2, 0.25) is 0 Å². The number of ether oxygens (including phenoxy) is 3. The Morgan fingerprint density at radius 2 is 1.83 bits per heavy atom. The molecular formula is C25H30O5. The minimum atomic E-state index is -0.877. The average molecular weight is 411 g/mol. The molecule has 0 aromatic heterocycles. The third-order valence-corrected chi connectivity index (χ3v) is 5.93. The van der Waals surface area contributed by atoms with Gasteiger partial charge in [-0.3, -0.25) is 9.59 Å². The molecule has 1 heterocycles. The van der Waals surface area contributed by atoms with Gasteiger partial charge in [0.25, 0.3) is 0 Å². The van der Waals surface area contributed by atoms with Crippen molar-refractivity contribution < 1.29 is 23.8 Å². The Hall–Kier alpha value is -2.66. The van der Waals surface area contributed by atoms with Crippen molar-refractivity contribution in [3.8, 4) is 5.75 Å². The van der Waals surface area contributed by atoms with Crippen LogP contribution in [0.5, 0.6) is 5.75 Å². The van der Waals surface area contributed by atoms with E-state index in [9.17, 15) is 9.59 Å². The van der Waals surface area contributed by atoms with Crippen molar-refractivity contribution in [1.82, 2.24) is 0 Å². The Balaban J connectivity index is 1.90. The first-order valence-electron chi connectivity index (χ1n) is 10.3. The molecule has 3 rings (SSSR count). The zero-order valence-electron chi connectivity index (χ0n) is 18.4. The average Bonchev–Trinajstić information content (AvgIpc) is 2.71. The van der Waals surface area contributed by atoms with E-state index in [0.29, 0.717) is 13.0 Å². The molecule has 1 unspecified atom stereocenters. The number of carbonyl (C=O) groups excluding carboxylic acids is 2. The highest BCUT2D eigenvalue weighted by Crippen LogP contribution is 2.42. The van der Waals surface area contributed by atoms with Gasteiger partial charge in [-0.25, -0.2) is 0 Å². The van der Waals surface area contributed by atoms with Crippen molar-refractivity contribution in [3.63, 3.8) is 0 Å². The maximum Gasteiger partial charge on any atom is 0.313 e. The summed E-state index contributed by atoms with van der Waals surface area (Å²) in [6.45, 7) is 8.50. The zero-order valence-corrected chi connectivity index (χ0v) is 18.4. The molecule has 0 amide bonds. The van der Waals surface area contributed by atoms with E-state index in [1.165, 1.54) is 7.11 Å². The summed E-state index contributed by atoms with van der Waals surface area (Å²) < 4.78 is 17.5. The number of fused-ring (bicyclic) bond motifs is 1. The van der Waals surface area contributed by atoms with Crippen molar-refractivity contribution in [2.24, 2.45) is 0 Å². The molecule has 0 saturated heterocycles. The molecule has 0 N–H and O–H groups in total. The lowest BCUT2D eigenvalue weighted by molar-refractivity contribution is -0.146. The van der Waals surface area contributed by atoms with E-state index in [4.69, 9.17) is 9.47 Å². The number of methoxy groups -OCH3 is 1. The van der Waals surface area contributed by atoms with Crippen LogP contribution in [-0.4, -0.2) is 30.6 Å². The van der Waals surface area contributed by atoms with Gasteiger partial charge in [0.2, 0.25) is 0 Å². The summed E-state index contributed by atoms with van der Waals surface area (Å²) >= 11 is 0. The van der Waals surface area contributed by atoms with E-state index >= 15 is 0 Å². The number of aryl methyl sites for hydroxylation is 2. The standard InChI is InChI=1S/C25H30O5/c1-16-11-17(2)21-13-22(29-15-19-9-7-6-8-10-19)25(4,30-24(21)18(16)3)14-20(26)12-23(27)28-5/h6-11,22H,12-15H2,1-5H3/t22?,25-/m0/s1. The second-order valence-electron chi connectivity index (χ2n) is 8.32. The fourth-order valence-electron chi connectivity index (χ4n) is 4.04. The summed E-state index contributed by atoms with van der Waals surface area (Å²) in [5.41, 5.74) is 4.68. The van der Waals surface area contributed by atoms with Crippen molar-refractivity contribution in [3.05, 3.63) is 64.2 Å². The van der Waals surface area contributed by atoms with Crippen molar-refractivity contribution in [2.75, 3.05) is 7.11 Å². The van der Waals surface area contributed by atoms with E-state index < -0.39 is 11.6 Å². The van der Waals surface area contributed by atoms with Gasteiger partial charge in [-0.2, -0.15) is 0 Å². The van der Waals surface area contributed by atoms with Crippen LogP contribution < -0.4 is 4.74 Å². The fourth-order valence-corrected chi connectivity index (χ4v) is 4.04. The second kappa shape index (κ2) is 9.00. The first kappa shape index (κ1) is 22.0. The number of hydrogen-bond donors (Lipinski definition) is 0. The summed E-state index contributed by atoms with van der Waals surface area (Å²) in [7, 11) is 1.28. The van der Waals surface area contributed by atoms with Gasteiger partial charge in [0.05, 0.1) is 13.7 Å². The molecule has 1 aliphatic rings. The largest absolute Gasteiger partial charge is 0.484 e. The highest BCUT2D eigenvalue weighted by molar-refractivity contribution is 5.96. The summed E-state index contributed by atoms with van der Waals surface area (Å²) in [6.07, 6.45) is 0.136. The Morgan fingerprint density at radius 1 is 1.13 bits per heavy atom. The number of rotatable bonds is 7. The number of esters is 1. The van der Waals surface area contributed by atoms with Gasteiger partial charge in [-0.15, -0.1) is 0 Å². The van der Waals surface area contributed by atoms with Crippen LogP contribution in [0.3, 0.4) is 0 Å². The molecule has 30 heavy (non-hydrogen) atoms. The van der Waals surface area contributed by atoms with Gasteiger partial charge in [0, 0.05) is 18.4 Å². The van der Waals surface area contributed by atoms with E-state index in [0.717, 1.165) is 33.6 Å². The van der Waals surface area contributed by atoms with Crippen molar-refractivity contribution >= 4 is 11.8 Å². The molecule has 5 nitrogen and oxygen atoms in total. The second-order valence-corrected chi connectivity index (χ2v) is 8.32. The third kappa shape index (κ3) is 4.73. The van der Waals surface area contributed by atoms with Crippen LogP contribution in [0, 0.1) is 20.8 Å². The Labute approximate surface area is 178 Å². The van der Waals surface area contributed by atoms with E-state index in [1.807, 2.05) is 44.2 Å². The number of ketones is 1. The number of hydrogen-bond acceptors (Lipinski definition) is 5. The van der Waals surface area contributed by atoms with Crippen LogP contribution in [0.25, 0.3) is 0 Å². The lowest BCUT2D eigenvalue weighted by Gasteiger charge is -2.43. The molecule has 2 aromatic rings. The Kier molecular flexibility index (Phi) is 6.61. The molecule has 0 spiro atoms. The maximum atomic E-state index is 12.6. The Bertz CT molecular complexity index is 934. The van der Waals surface area contributed by atoms with Crippen LogP contribution in [0.4, 0.5) is 0 Å². The van der Waals surface area contributed by atoms with Gasteiger partial charge >= 0.3 is 5.97 Å². The summed E-state index contributed by atoms with van der Waals surface area (Å²) in [5.74, 6) is 0.0769. The number of benzene rings is 2. The van der Waals surface area contributed by atoms with Crippen LogP contribution in [0.1, 0.15) is 47.6 Å². The topological polar surface area (TPSA) is 61.8 Å². The Morgan fingerprint density at radius 3 is 2.50 bits per heavy atom. The minimum absolute atomic E-state index is 0.0768. The van der Waals surface area contributed by atoms with Gasteiger partial charge in [0.15, 0.2) is 0 Å². The molecule has 2 atom stereocenters. The molecule has 0 aliphatic carbocycles. The predicted octanol–water partition coefficient (Wildman–Crippen LogP) is 4.41. The zero-order chi connectivity index (χ0) is 21.9. The highest BCUT2D eigenvalue weighted by atomic mass is 16.6. The molecule has 1 aliphatic heterocycles.